The van der Waals surface area contributed by atoms with Crippen molar-refractivity contribution < 1.29 is 14.6 Å². The van der Waals surface area contributed by atoms with Gasteiger partial charge in [-0.2, -0.15) is 0 Å². The fourth-order valence-electron chi connectivity index (χ4n) is 1.42. The van der Waals surface area contributed by atoms with Crippen LogP contribution in [0.15, 0.2) is 18.3 Å². The molecule has 4 nitrogen and oxygen atoms in total. The summed E-state index contributed by atoms with van der Waals surface area (Å²) in [5, 5.41) is 10.2. The van der Waals surface area contributed by atoms with Crippen molar-refractivity contribution in [3.8, 4) is 11.5 Å². The van der Waals surface area contributed by atoms with Crippen LogP contribution in [0.25, 0.3) is 10.9 Å². The van der Waals surface area contributed by atoms with Crippen LogP contribution in [0.5, 0.6) is 11.5 Å². The van der Waals surface area contributed by atoms with E-state index in [-0.39, 0.29) is 5.75 Å². The Bertz CT molecular complexity index is 487. The van der Waals surface area contributed by atoms with Crippen molar-refractivity contribution in [2.45, 2.75) is 0 Å². The quantitative estimate of drug-likeness (QED) is 0.710. The Balaban J connectivity index is 2.75. The number of fused-ring (bicyclic) bond motifs is 1. The number of hydrogen-bond donors (Lipinski definition) is 2. The second-order valence-electron chi connectivity index (χ2n) is 2.93. The average Bonchev–Trinajstić information content (AvgIpc) is 2.58. The molecule has 0 aliphatic rings. The highest BCUT2D eigenvalue weighted by atomic mass is 16.5. The van der Waals surface area contributed by atoms with E-state index >= 15 is 0 Å². The molecule has 1 heterocycles. The van der Waals surface area contributed by atoms with E-state index in [1.54, 1.807) is 12.3 Å². The molecule has 0 aliphatic heterocycles. The summed E-state index contributed by atoms with van der Waals surface area (Å²) in [7, 11) is 1.48. The number of methoxy groups -OCH3 is 1. The summed E-state index contributed by atoms with van der Waals surface area (Å²) in [6.07, 6.45) is 2.33. The standard InChI is InChI=1S/C10H9NO3/c1-14-10-3-8-7(2-9(10)13)6(5-12)4-11-8/h2-5,11,13H,1H3. The molecule has 0 saturated carbocycles. The van der Waals surface area contributed by atoms with E-state index in [2.05, 4.69) is 4.98 Å². The van der Waals surface area contributed by atoms with Gasteiger partial charge in [-0.25, -0.2) is 0 Å². The lowest BCUT2D eigenvalue weighted by Crippen LogP contribution is -1.83. The van der Waals surface area contributed by atoms with Crippen LogP contribution >= 0.6 is 0 Å². The number of aldehydes is 1. The molecule has 0 unspecified atom stereocenters. The van der Waals surface area contributed by atoms with Crippen molar-refractivity contribution in [3.63, 3.8) is 0 Å². The number of nitrogens with one attached hydrogen (secondary N) is 1. The van der Waals surface area contributed by atoms with Gasteiger partial charge in [-0.05, 0) is 6.07 Å². The minimum Gasteiger partial charge on any atom is -0.504 e. The number of benzene rings is 1. The number of ether oxygens (including phenoxy) is 1. The van der Waals surface area contributed by atoms with E-state index in [1.807, 2.05) is 0 Å². The number of carbonyl (C=O) groups excluding carboxylic acids is 1. The Morgan fingerprint density at radius 2 is 2.29 bits per heavy atom. The summed E-state index contributed by atoms with van der Waals surface area (Å²) in [6, 6.07) is 3.16. The first-order valence-corrected chi connectivity index (χ1v) is 4.09. The van der Waals surface area contributed by atoms with E-state index < -0.39 is 0 Å². The Morgan fingerprint density at radius 1 is 1.50 bits per heavy atom. The van der Waals surface area contributed by atoms with Crippen LogP contribution in [-0.2, 0) is 0 Å². The Morgan fingerprint density at radius 3 is 2.93 bits per heavy atom. The van der Waals surface area contributed by atoms with Crippen molar-refractivity contribution >= 4 is 17.2 Å². The maximum absolute atomic E-state index is 10.6. The van der Waals surface area contributed by atoms with Crippen LogP contribution in [0, 0.1) is 0 Å². The molecular formula is C10H9NO3. The molecular weight excluding hydrogens is 182 g/mol. The van der Waals surface area contributed by atoms with E-state index in [0.29, 0.717) is 16.7 Å². The molecule has 0 saturated heterocycles. The van der Waals surface area contributed by atoms with Crippen molar-refractivity contribution in [2.24, 2.45) is 0 Å². The number of aromatic nitrogens is 1. The lowest BCUT2D eigenvalue weighted by Gasteiger charge is -2.02. The average molecular weight is 191 g/mol. The Labute approximate surface area is 80.1 Å². The van der Waals surface area contributed by atoms with Gasteiger partial charge < -0.3 is 14.8 Å². The van der Waals surface area contributed by atoms with E-state index in [4.69, 9.17) is 4.74 Å². The molecule has 14 heavy (non-hydrogen) atoms. The number of phenolic OH excluding ortho intramolecular Hbond substituents is 1. The number of hydrogen-bond acceptors (Lipinski definition) is 3. The molecule has 0 radical (unpaired) electrons. The van der Waals surface area contributed by atoms with Crippen LogP contribution in [0.3, 0.4) is 0 Å². The number of phenols is 1. The summed E-state index contributed by atoms with van der Waals surface area (Å²) in [5.74, 6) is 0.416. The van der Waals surface area contributed by atoms with Gasteiger partial charge in [-0.15, -0.1) is 0 Å². The molecule has 1 aromatic carbocycles. The molecule has 1 aromatic heterocycles. The Kier molecular flexibility index (Phi) is 1.89. The Hall–Kier alpha value is -1.97. The van der Waals surface area contributed by atoms with Crippen molar-refractivity contribution in [1.29, 1.82) is 0 Å². The third-order valence-corrected chi connectivity index (χ3v) is 2.14. The van der Waals surface area contributed by atoms with Gasteiger partial charge in [0.2, 0.25) is 0 Å². The summed E-state index contributed by atoms with van der Waals surface area (Å²) < 4.78 is 4.94. The van der Waals surface area contributed by atoms with Gasteiger partial charge in [0.15, 0.2) is 17.8 Å². The van der Waals surface area contributed by atoms with E-state index in [1.165, 1.54) is 13.2 Å². The molecule has 4 heteroatoms. The van der Waals surface area contributed by atoms with Crippen LogP contribution in [0.4, 0.5) is 0 Å². The zero-order valence-corrected chi connectivity index (χ0v) is 7.57. The summed E-state index contributed by atoms with van der Waals surface area (Å²) in [6.45, 7) is 0. The molecule has 0 atom stereocenters. The monoisotopic (exact) mass is 191 g/mol. The number of H-pyrrole nitrogens is 1. The summed E-state index contributed by atoms with van der Waals surface area (Å²) >= 11 is 0. The van der Waals surface area contributed by atoms with Gasteiger partial charge in [0.25, 0.3) is 0 Å². The first-order chi connectivity index (χ1) is 6.76. The zero-order chi connectivity index (χ0) is 10.1. The smallest absolute Gasteiger partial charge is 0.162 e. The number of aromatic amines is 1. The maximum atomic E-state index is 10.6. The molecule has 0 spiro atoms. The molecule has 0 bridgehead atoms. The highest BCUT2D eigenvalue weighted by Gasteiger charge is 2.08. The fourth-order valence-corrected chi connectivity index (χ4v) is 1.42. The van der Waals surface area contributed by atoms with E-state index in [9.17, 15) is 9.90 Å². The predicted octanol–water partition coefficient (Wildman–Crippen LogP) is 1.69. The first kappa shape index (κ1) is 8.62. The molecule has 0 aliphatic carbocycles. The predicted molar refractivity (Wildman–Crippen MR) is 51.9 cm³/mol. The summed E-state index contributed by atoms with van der Waals surface area (Å²) in [5.41, 5.74) is 1.29. The molecule has 72 valence electrons. The summed E-state index contributed by atoms with van der Waals surface area (Å²) in [4.78, 5) is 13.5. The third-order valence-electron chi connectivity index (χ3n) is 2.14. The number of carbonyl (C=O) groups is 1. The zero-order valence-electron chi connectivity index (χ0n) is 7.57. The van der Waals surface area contributed by atoms with Gasteiger partial charge in [0, 0.05) is 23.2 Å². The molecule has 0 fully saturated rings. The third kappa shape index (κ3) is 1.12. The van der Waals surface area contributed by atoms with Crippen LogP contribution in [0.1, 0.15) is 10.4 Å². The van der Waals surface area contributed by atoms with Crippen molar-refractivity contribution in [3.05, 3.63) is 23.9 Å². The normalized spacial score (nSPS) is 10.4. The number of rotatable bonds is 2. The lowest BCUT2D eigenvalue weighted by molar-refractivity contribution is 0.112. The van der Waals surface area contributed by atoms with Gasteiger partial charge in [0.1, 0.15) is 0 Å². The first-order valence-electron chi connectivity index (χ1n) is 4.09. The topological polar surface area (TPSA) is 62.3 Å². The van der Waals surface area contributed by atoms with Crippen molar-refractivity contribution in [2.75, 3.05) is 7.11 Å². The number of aromatic hydroxyl groups is 1. The second kappa shape index (κ2) is 3.06. The van der Waals surface area contributed by atoms with Gasteiger partial charge >= 0.3 is 0 Å². The fraction of sp³-hybridized carbons (Fsp3) is 0.100. The second-order valence-corrected chi connectivity index (χ2v) is 2.93. The highest BCUT2D eigenvalue weighted by molar-refractivity contribution is 5.98. The van der Waals surface area contributed by atoms with E-state index in [0.717, 1.165) is 11.8 Å². The molecule has 2 N–H and O–H groups in total. The van der Waals surface area contributed by atoms with Gasteiger partial charge in [0.05, 0.1) is 12.6 Å². The largest absolute Gasteiger partial charge is 0.504 e. The maximum Gasteiger partial charge on any atom is 0.162 e. The van der Waals surface area contributed by atoms with Crippen LogP contribution in [-0.4, -0.2) is 23.5 Å². The van der Waals surface area contributed by atoms with Crippen molar-refractivity contribution in [1.82, 2.24) is 4.98 Å². The highest BCUT2D eigenvalue weighted by Crippen LogP contribution is 2.31. The minimum absolute atomic E-state index is 0.0303. The SMILES string of the molecule is COc1cc2[nH]cc(C=O)c2cc1O. The lowest BCUT2D eigenvalue weighted by atomic mass is 10.2. The van der Waals surface area contributed by atoms with Crippen LogP contribution < -0.4 is 4.74 Å². The van der Waals surface area contributed by atoms with Gasteiger partial charge in [-0.1, -0.05) is 0 Å². The minimum atomic E-state index is 0.0303. The molecule has 0 amide bonds. The molecule has 2 rings (SSSR count). The molecule has 2 aromatic rings. The van der Waals surface area contributed by atoms with Gasteiger partial charge in [-0.3, -0.25) is 4.79 Å². The van der Waals surface area contributed by atoms with Crippen LogP contribution in [0.2, 0.25) is 0 Å².